The van der Waals surface area contributed by atoms with Gasteiger partial charge in [-0.05, 0) is 42.1 Å². The van der Waals surface area contributed by atoms with Gasteiger partial charge in [-0.1, -0.05) is 24.3 Å². The molecule has 0 unspecified atom stereocenters. The summed E-state index contributed by atoms with van der Waals surface area (Å²) >= 11 is 1.52. The summed E-state index contributed by atoms with van der Waals surface area (Å²) in [7, 11) is 1.61. The number of hydrogen-bond acceptors (Lipinski definition) is 4. The van der Waals surface area contributed by atoms with E-state index in [-0.39, 0.29) is 11.8 Å². The first-order valence-electron chi connectivity index (χ1n) is 9.28. The minimum atomic E-state index is -0.0211. The molecule has 2 aromatic carbocycles. The number of rotatable bonds is 3. The molecule has 0 atom stereocenters. The van der Waals surface area contributed by atoms with Crippen LogP contribution in [0.25, 0.3) is 10.1 Å². The van der Waals surface area contributed by atoms with Crippen molar-refractivity contribution in [1.29, 1.82) is 0 Å². The molecule has 6 heteroatoms. The van der Waals surface area contributed by atoms with E-state index in [1.165, 1.54) is 11.3 Å². The lowest BCUT2D eigenvalue weighted by atomic mass is 10.1. The topological polar surface area (TPSA) is 49.9 Å². The molecule has 1 fully saturated rings. The molecule has 0 spiro atoms. The number of benzene rings is 2. The SMILES string of the molecule is COc1cc(C(=O)N2CCN(C(=O)c3cc4ccccc4s3)CC2)ccc1C. The molecule has 144 valence electrons. The Labute approximate surface area is 168 Å². The number of carbonyl (C=O) groups excluding carboxylic acids is 2. The number of nitrogens with zero attached hydrogens (tertiary/aromatic N) is 2. The molecule has 1 saturated heterocycles. The Kier molecular flexibility index (Phi) is 5.05. The van der Waals surface area contributed by atoms with Crippen LogP contribution in [-0.2, 0) is 0 Å². The van der Waals surface area contributed by atoms with Gasteiger partial charge >= 0.3 is 0 Å². The van der Waals surface area contributed by atoms with Crippen molar-refractivity contribution in [3.05, 3.63) is 64.5 Å². The normalized spacial score (nSPS) is 14.4. The molecule has 1 aliphatic rings. The van der Waals surface area contributed by atoms with E-state index in [2.05, 4.69) is 0 Å². The number of carbonyl (C=O) groups is 2. The quantitative estimate of drug-likeness (QED) is 0.679. The Hall–Kier alpha value is -2.86. The Bertz CT molecular complexity index is 1000. The van der Waals surface area contributed by atoms with Crippen LogP contribution in [0.2, 0.25) is 0 Å². The van der Waals surface area contributed by atoms with Gasteiger partial charge in [0.1, 0.15) is 5.75 Å². The lowest BCUT2D eigenvalue weighted by Crippen LogP contribution is -2.50. The van der Waals surface area contributed by atoms with Gasteiger partial charge in [0.15, 0.2) is 0 Å². The number of fused-ring (bicyclic) bond motifs is 1. The highest BCUT2D eigenvalue weighted by Crippen LogP contribution is 2.27. The average molecular weight is 394 g/mol. The molecule has 0 aliphatic carbocycles. The van der Waals surface area contributed by atoms with Crippen molar-refractivity contribution in [2.24, 2.45) is 0 Å². The standard InChI is InChI=1S/C22H22N2O3S/c1-15-7-8-17(13-18(15)27-2)21(25)23-9-11-24(12-10-23)22(26)20-14-16-5-3-4-6-19(16)28-20/h3-8,13-14H,9-12H2,1-2H3. The third kappa shape index (κ3) is 3.47. The second-order valence-electron chi connectivity index (χ2n) is 6.92. The van der Waals surface area contributed by atoms with E-state index in [0.717, 1.165) is 20.5 Å². The Balaban J connectivity index is 1.42. The van der Waals surface area contributed by atoms with Crippen LogP contribution in [0, 0.1) is 6.92 Å². The number of methoxy groups -OCH3 is 1. The Morgan fingerprint density at radius 3 is 2.29 bits per heavy atom. The van der Waals surface area contributed by atoms with Crippen molar-refractivity contribution in [2.45, 2.75) is 6.92 Å². The third-order valence-electron chi connectivity index (χ3n) is 5.15. The molecule has 4 rings (SSSR count). The highest BCUT2D eigenvalue weighted by Gasteiger charge is 2.26. The summed E-state index contributed by atoms with van der Waals surface area (Å²) in [6.45, 7) is 4.10. The Morgan fingerprint density at radius 1 is 0.929 bits per heavy atom. The molecular formula is C22H22N2O3S. The van der Waals surface area contributed by atoms with Crippen molar-refractivity contribution in [3.8, 4) is 5.75 Å². The summed E-state index contributed by atoms with van der Waals surface area (Å²) in [5.74, 6) is 0.738. The molecule has 0 bridgehead atoms. The number of thiophene rings is 1. The predicted molar refractivity (Wildman–Crippen MR) is 111 cm³/mol. The van der Waals surface area contributed by atoms with E-state index in [1.807, 2.05) is 54.3 Å². The number of ether oxygens (including phenoxy) is 1. The lowest BCUT2D eigenvalue weighted by Gasteiger charge is -2.34. The van der Waals surface area contributed by atoms with E-state index in [1.54, 1.807) is 18.1 Å². The molecule has 0 N–H and O–H groups in total. The van der Waals surface area contributed by atoms with Gasteiger partial charge in [0.2, 0.25) is 0 Å². The van der Waals surface area contributed by atoms with E-state index in [9.17, 15) is 9.59 Å². The first-order chi connectivity index (χ1) is 13.6. The fourth-order valence-corrected chi connectivity index (χ4v) is 4.52. The summed E-state index contributed by atoms with van der Waals surface area (Å²) in [6.07, 6.45) is 0. The van der Waals surface area contributed by atoms with Crippen LogP contribution in [0.15, 0.2) is 48.5 Å². The maximum absolute atomic E-state index is 12.9. The monoisotopic (exact) mass is 394 g/mol. The summed E-state index contributed by atoms with van der Waals surface area (Å²) in [4.78, 5) is 30.1. The number of piperazine rings is 1. The summed E-state index contributed by atoms with van der Waals surface area (Å²) in [5, 5.41) is 1.10. The summed E-state index contributed by atoms with van der Waals surface area (Å²) < 4.78 is 6.44. The van der Waals surface area contributed by atoms with Crippen molar-refractivity contribution >= 4 is 33.2 Å². The van der Waals surface area contributed by atoms with Crippen LogP contribution >= 0.6 is 11.3 Å². The number of aryl methyl sites for hydroxylation is 1. The molecule has 0 saturated carbocycles. The van der Waals surface area contributed by atoms with Gasteiger partial charge in [0.25, 0.3) is 11.8 Å². The maximum atomic E-state index is 12.9. The van der Waals surface area contributed by atoms with Crippen LogP contribution in [0.5, 0.6) is 5.75 Å². The largest absolute Gasteiger partial charge is 0.496 e. The van der Waals surface area contributed by atoms with E-state index >= 15 is 0 Å². The number of hydrogen-bond donors (Lipinski definition) is 0. The van der Waals surface area contributed by atoms with Crippen LogP contribution in [0.1, 0.15) is 25.6 Å². The molecule has 28 heavy (non-hydrogen) atoms. The first kappa shape index (κ1) is 18.5. The van der Waals surface area contributed by atoms with Crippen LogP contribution in [0.4, 0.5) is 0 Å². The smallest absolute Gasteiger partial charge is 0.264 e. The van der Waals surface area contributed by atoms with Gasteiger partial charge < -0.3 is 14.5 Å². The van der Waals surface area contributed by atoms with Gasteiger partial charge in [-0.25, -0.2) is 0 Å². The fourth-order valence-electron chi connectivity index (χ4n) is 3.49. The molecule has 2 amide bonds. The molecular weight excluding hydrogens is 372 g/mol. The second kappa shape index (κ2) is 7.64. The first-order valence-corrected chi connectivity index (χ1v) is 10.1. The lowest BCUT2D eigenvalue weighted by molar-refractivity contribution is 0.0538. The summed E-state index contributed by atoms with van der Waals surface area (Å²) in [6, 6.07) is 15.5. The van der Waals surface area contributed by atoms with Gasteiger partial charge in [0.05, 0.1) is 12.0 Å². The molecule has 1 aliphatic heterocycles. The summed E-state index contributed by atoms with van der Waals surface area (Å²) in [5.41, 5.74) is 1.62. The fraction of sp³-hybridized carbons (Fsp3) is 0.273. The molecule has 3 aromatic rings. The van der Waals surface area contributed by atoms with Crippen molar-refractivity contribution in [1.82, 2.24) is 9.80 Å². The van der Waals surface area contributed by atoms with Crippen LogP contribution in [-0.4, -0.2) is 54.9 Å². The van der Waals surface area contributed by atoms with Gasteiger partial charge in [-0.3, -0.25) is 9.59 Å². The van der Waals surface area contributed by atoms with Crippen LogP contribution in [0.3, 0.4) is 0 Å². The second-order valence-corrected chi connectivity index (χ2v) is 8.00. The maximum Gasteiger partial charge on any atom is 0.264 e. The minimum absolute atomic E-state index is 0.0211. The van der Waals surface area contributed by atoms with Crippen molar-refractivity contribution in [3.63, 3.8) is 0 Å². The van der Waals surface area contributed by atoms with Crippen molar-refractivity contribution < 1.29 is 14.3 Å². The highest BCUT2D eigenvalue weighted by molar-refractivity contribution is 7.20. The zero-order chi connectivity index (χ0) is 19.7. The van der Waals surface area contributed by atoms with E-state index < -0.39 is 0 Å². The molecule has 0 radical (unpaired) electrons. The molecule has 1 aromatic heterocycles. The third-order valence-corrected chi connectivity index (χ3v) is 6.25. The minimum Gasteiger partial charge on any atom is -0.496 e. The van der Waals surface area contributed by atoms with Crippen molar-refractivity contribution in [2.75, 3.05) is 33.3 Å². The highest BCUT2D eigenvalue weighted by atomic mass is 32.1. The number of amides is 2. The zero-order valence-corrected chi connectivity index (χ0v) is 16.8. The molecule has 5 nitrogen and oxygen atoms in total. The molecule has 2 heterocycles. The predicted octanol–water partition coefficient (Wildman–Crippen LogP) is 3.82. The zero-order valence-electron chi connectivity index (χ0n) is 16.0. The van der Waals surface area contributed by atoms with E-state index in [0.29, 0.717) is 37.5 Å². The van der Waals surface area contributed by atoms with Gasteiger partial charge in [-0.15, -0.1) is 11.3 Å². The average Bonchev–Trinajstić information content (AvgIpc) is 3.17. The van der Waals surface area contributed by atoms with Crippen LogP contribution < -0.4 is 4.74 Å². The van der Waals surface area contributed by atoms with Gasteiger partial charge in [-0.2, -0.15) is 0 Å². The Morgan fingerprint density at radius 2 is 1.61 bits per heavy atom. The van der Waals surface area contributed by atoms with Gasteiger partial charge in [0, 0.05) is 36.4 Å². The van der Waals surface area contributed by atoms with E-state index in [4.69, 9.17) is 4.74 Å².